The van der Waals surface area contributed by atoms with E-state index in [9.17, 15) is 4.89 Å². The highest BCUT2D eigenvalue weighted by Crippen LogP contribution is 2.67. The van der Waals surface area contributed by atoms with Crippen molar-refractivity contribution in [3.8, 4) is 0 Å². The Morgan fingerprint density at radius 2 is 1.79 bits per heavy atom. The van der Waals surface area contributed by atoms with Gasteiger partial charge < -0.3 is 19.5 Å². The van der Waals surface area contributed by atoms with E-state index < -0.39 is 8.38 Å². The van der Waals surface area contributed by atoms with E-state index in [-0.39, 0.29) is 0 Å². The third kappa shape index (κ3) is 7.82. The fourth-order valence-electron chi connectivity index (χ4n) is 11.9. The molecule has 10 unspecified atom stereocenters. The van der Waals surface area contributed by atoms with Crippen molar-refractivity contribution in [1.29, 1.82) is 0 Å². The first-order valence-corrected chi connectivity index (χ1v) is 22.4. The minimum atomic E-state index is -1.25. The van der Waals surface area contributed by atoms with Crippen molar-refractivity contribution in [2.75, 3.05) is 19.8 Å². The highest BCUT2D eigenvalue weighted by molar-refractivity contribution is 7.45. The van der Waals surface area contributed by atoms with Gasteiger partial charge in [-0.3, -0.25) is 0 Å². The summed E-state index contributed by atoms with van der Waals surface area (Å²) in [7, 11) is -1.25. The second kappa shape index (κ2) is 16.2. The molecule has 0 heterocycles. The van der Waals surface area contributed by atoms with Gasteiger partial charge >= 0.3 is 0 Å². The predicted octanol–water partition coefficient (Wildman–Crippen LogP) is 11.7. The Labute approximate surface area is 296 Å². The van der Waals surface area contributed by atoms with E-state index in [0.717, 1.165) is 60.8 Å². The van der Waals surface area contributed by atoms with Crippen LogP contribution in [0.15, 0.2) is 35.3 Å². The second-order valence-electron chi connectivity index (χ2n) is 17.8. The molecule has 6 aliphatic carbocycles. The van der Waals surface area contributed by atoms with Crippen LogP contribution in [0.4, 0.5) is 0 Å². The molecule has 0 aliphatic heterocycles. The van der Waals surface area contributed by atoms with Crippen LogP contribution in [0, 0.1) is 58.2 Å². The number of fused-ring (bicyclic) bond motifs is 5. The van der Waals surface area contributed by atoms with E-state index in [1.807, 2.05) is 0 Å². The van der Waals surface area contributed by atoms with Gasteiger partial charge in [0.2, 0.25) is 0 Å². The lowest BCUT2D eigenvalue weighted by Gasteiger charge is -2.58. The van der Waals surface area contributed by atoms with Crippen molar-refractivity contribution in [3.63, 3.8) is 0 Å². The Bertz CT molecular complexity index is 1150. The molecule has 6 aliphatic rings. The van der Waals surface area contributed by atoms with Crippen molar-refractivity contribution in [3.05, 3.63) is 35.3 Å². The minimum absolute atomic E-state index is 0.313. The van der Waals surface area contributed by atoms with Crippen LogP contribution in [-0.2, 0) is 9.26 Å². The smallest absolute Gasteiger partial charge is 0.186 e. The number of nitrogens with one attached hydrogen (secondary N) is 1. The molecular weight excluding hydrogens is 609 g/mol. The first-order valence-electron chi connectivity index (χ1n) is 20.7. The molecule has 6 rings (SSSR count). The molecule has 0 saturated heterocycles. The van der Waals surface area contributed by atoms with Gasteiger partial charge in [0.15, 0.2) is 14.3 Å². The highest BCUT2D eigenvalue weighted by atomic mass is 31.2. The molecule has 0 radical (unpaired) electrons. The number of hydrogen-bond donors (Lipinski definition) is 2. The summed E-state index contributed by atoms with van der Waals surface area (Å²) in [6.07, 6.45) is 31.5. The Hall–Kier alpha value is -0.830. The van der Waals surface area contributed by atoms with Gasteiger partial charge in [0.1, 0.15) is 6.10 Å². The molecule has 0 aromatic carbocycles. The van der Waals surface area contributed by atoms with Gasteiger partial charge in [-0.2, -0.15) is 0 Å². The molecule has 0 amide bonds. The van der Waals surface area contributed by atoms with Crippen LogP contribution in [-0.4, -0.2) is 30.8 Å². The number of hydrogen-bond acceptors (Lipinski definition) is 4. The topological polar surface area (TPSA) is 50.7 Å². The Balaban J connectivity index is 1.06. The van der Waals surface area contributed by atoms with Crippen molar-refractivity contribution in [2.24, 2.45) is 58.2 Å². The zero-order chi connectivity index (χ0) is 33.9. The summed E-state index contributed by atoms with van der Waals surface area (Å²) in [6, 6.07) is 0. The highest BCUT2D eigenvalue weighted by Gasteiger charge is 2.59. The van der Waals surface area contributed by atoms with Gasteiger partial charge in [0.25, 0.3) is 0 Å². The van der Waals surface area contributed by atoms with Gasteiger partial charge in [0, 0.05) is 19.6 Å². The van der Waals surface area contributed by atoms with E-state index in [4.69, 9.17) is 9.26 Å². The van der Waals surface area contributed by atoms with E-state index in [1.165, 1.54) is 108 Å². The summed E-state index contributed by atoms with van der Waals surface area (Å²) in [5.74, 6) is 7.60. The third-order valence-electron chi connectivity index (χ3n) is 15.4. The van der Waals surface area contributed by atoms with Gasteiger partial charge in [-0.1, -0.05) is 77.7 Å². The molecule has 10 atom stereocenters. The Morgan fingerprint density at radius 3 is 2.46 bits per heavy atom. The quantitative estimate of drug-likeness (QED) is 0.0967. The maximum absolute atomic E-state index is 9.64. The lowest BCUT2D eigenvalue weighted by atomic mass is 9.47. The van der Waals surface area contributed by atoms with Crippen molar-refractivity contribution < 1.29 is 14.2 Å². The number of ether oxygens (including phenoxy) is 1. The summed E-state index contributed by atoms with van der Waals surface area (Å²) < 4.78 is 12.6. The average molecular weight is 682 g/mol. The molecule has 0 aromatic rings. The van der Waals surface area contributed by atoms with Crippen LogP contribution in [0.2, 0.25) is 0 Å². The first-order chi connectivity index (χ1) is 23.2. The monoisotopic (exact) mass is 682 g/mol. The van der Waals surface area contributed by atoms with Gasteiger partial charge in [0.05, 0.1) is 6.61 Å². The predicted molar refractivity (Wildman–Crippen MR) is 202 cm³/mol. The number of rotatable bonds is 16. The van der Waals surface area contributed by atoms with Crippen molar-refractivity contribution in [1.82, 2.24) is 5.32 Å². The molecule has 5 fully saturated rings. The van der Waals surface area contributed by atoms with E-state index in [0.29, 0.717) is 35.4 Å². The molecule has 272 valence electrons. The van der Waals surface area contributed by atoms with Gasteiger partial charge in [-0.25, -0.2) is 0 Å². The molecule has 4 nitrogen and oxygen atoms in total. The lowest BCUT2D eigenvalue weighted by Crippen LogP contribution is -2.51. The van der Waals surface area contributed by atoms with Crippen LogP contribution >= 0.6 is 8.38 Å². The molecule has 0 aromatic heterocycles. The molecule has 2 N–H and O–H groups in total. The van der Waals surface area contributed by atoms with E-state index in [1.54, 1.807) is 12.2 Å². The fourth-order valence-corrected chi connectivity index (χ4v) is 12.3. The van der Waals surface area contributed by atoms with Crippen molar-refractivity contribution >= 4 is 8.38 Å². The van der Waals surface area contributed by atoms with E-state index in [2.05, 4.69) is 58.2 Å². The number of allylic oxidation sites excluding steroid dienone is 4. The maximum atomic E-state index is 9.64. The standard InChI is InChI=1S/C43H72NO3P/c1-7-31(8-2)16-15-30(3)38-19-20-39-37-18-17-35-29-36(21-25-42(35,4)40(37)22-26-43(38,39)5)47-41(34-13-10-14-34)44-27-23-33(32-11-9-12-32)24-28-46-48(6)45/h15-17,30-33,36-40,44-45H,7-14,18-29H2,1-6H3/b16-15+. The normalized spacial score (nSPS) is 36.7. The molecular formula is C43H72NO3P. The summed E-state index contributed by atoms with van der Waals surface area (Å²) >= 11 is 0. The Kier molecular flexibility index (Phi) is 12.5. The molecule has 0 bridgehead atoms. The minimum Gasteiger partial charge on any atom is -0.476 e. The lowest BCUT2D eigenvalue weighted by molar-refractivity contribution is -0.0572. The van der Waals surface area contributed by atoms with Crippen LogP contribution in [0.5, 0.6) is 0 Å². The average Bonchev–Trinajstić information content (AvgIpc) is 3.37. The first kappa shape index (κ1) is 36.9. The zero-order valence-electron chi connectivity index (χ0n) is 31.8. The largest absolute Gasteiger partial charge is 0.476 e. The summed E-state index contributed by atoms with van der Waals surface area (Å²) in [5.41, 5.74) is 4.14. The van der Waals surface area contributed by atoms with Gasteiger partial charge in [-0.05, 0) is 154 Å². The summed E-state index contributed by atoms with van der Waals surface area (Å²) in [4.78, 5) is 9.64. The SMILES string of the molecule is CCC(/C=C/C(C)C1CCC2C3CC=C4CC(OC(NCCC(CCOP(C)O)C5CCC5)=C5CCC5)CCC4(C)C3CCC12C)CC. The fraction of sp³-hybridized carbons (Fsp3) is 0.860. The molecule has 48 heavy (non-hydrogen) atoms. The van der Waals surface area contributed by atoms with Gasteiger partial charge in [-0.15, -0.1) is 0 Å². The molecule has 0 spiro atoms. The van der Waals surface area contributed by atoms with Crippen LogP contribution < -0.4 is 5.32 Å². The third-order valence-corrected chi connectivity index (χ3v) is 16.0. The van der Waals surface area contributed by atoms with Crippen molar-refractivity contribution in [2.45, 2.75) is 156 Å². The van der Waals surface area contributed by atoms with Crippen LogP contribution in [0.25, 0.3) is 0 Å². The van der Waals surface area contributed by atoms with Crippen LogP contribution in [0.3, 0.4) is 0 Å². The zero-order valence-corrected chi connectivity index (χ0v) is 32.7. The summed E-state index contributed by atoms with van der Waals surface area (Å²) in [6.45, 7) is 16.1. The van der Waals surface area contributed by atoms with E-state index >= 15 is 0 Å². The maximum Gasteiger partial charge on any atom is 0.186 e. The molecule has 5 heteroatoms. The Morgan fingerprint density at radius 1 is 1.00 bits per heavy atom. The second-order valence-corrected chi connectivity index (χ2v) is 19.0. The van der Waals surface area contributed by atoms with Crippen LogP contribution in [0.1, 0.15) is 150 Å². The summed E-state index contributed by atoms with van der Waals surface area (Å²) in [5, 5.41) is 3.84. The molecule has 5 saturated carbocycles.